The first-order valence-corrected chi connectivity index (χ1v) is 8.20. The van der Waals surface area contributed by atoms with Gasteiger partial charge in [0.15, 0.2) is 5.69 Å². The average Bonchev–Trinajstić information content (AvgIpc) is 2.56. The Morgan fingerprint density at radius 3 is 2.62 bits per heavy atom. The molecule has 0 fully saturated rings. The van der Waals surface area contributed by atoms with Crippen molar-refractivity contribution in [1.82, 2.24) is 15.1 Å². The second-order valence-corrected chi connectivity index (χ2v) is 6.23. The maximum atomic E-state index is 12.2. The molecule has 6 nitrogen and oxygen atoms in total. The van der Waals surface area contributed by atoms with Crippen molar-refractivity contribution in [3.8, 4) is 0 Å². The summed E-state index contributed by atoms with van der Waals surface area (Å²) in [6.45, 7) is 1.78. The maximum absolute atomic E-state index is 12.2. The number of anilines is 2. The van der Waals surface area contributed by atoms with Crippen LogP contribution in [0.15, 0.2) is 30.3 Å². The van der Waals surface area contributed by atoms with Crippen LogP contribution in [0, 0.1) is 0 Å². The van der Waals surface area contributed by atoms with Gasteiger partial charge in [0.25, 0.3) is 5.91 Å². The molecule has 128 valence electrons. The van der Waals surface area contributed by atoms with Gasteiger partial charge in [0, 0.05) is 6.54 Å². The van der Waals surface area contributed by atoms with Crippen molar-refractivity contribution in [2.75, 3.05) is 37.8 Å². The van der Waals surface area contributed by atoms with Gasteiger partial charge in [-0.3, -0.25) is 4.79 Å². The van der Waals surface area contributed by atoms with Crippen LogP contribution in [0.3, 0.4) is 0 Å². The van der Waals surface area contributed by atoms with E-state index in [-0.39, 0.29) is 5.69 Å². The fourth-order valence-corrected chi connectivity index (χ4v) is 2.29. The second kappa shape index (κ2) is 8.82. The Morgan fingerprint density at radius 1 is 1.17 bits per heavy atom. The molecule has 1 aromatic carbocycles. The topological polar surface area (TPSA) is 70.2 Å². The van der Waals surface area contributed by atoms with E-state index in [4.69, 9.17) is 23.2 Å². The van der Waals surface area contributed by atoms with Gasteiger partial charge in [-0.1, -0.05) is 29.3 Å². The number of aromatic nitrogens is 2. The van der Waals surface area contributed by atoms with Gasteiger partial charge in [-0.25, -0.2) is 0 Å². The van der Waals surface area contributed by atoms with Gasteiger partial charge in [-0.2, -0.15) is 0 Å². The van der Waals surface area contributed by atoms with Crippen molar-refractivity contribution in [3.05, 3.63) is 46.1 Å². The minimum atomic E-state index is -0.397. The van der Waals surface area contributed by atoms with Crippen LogP contribution in [0.5, 0.6) is 0 Å². The van der Waals surface area contributed by atoms with Gasteiger partial charge < -0.3 is 15.5 Å². The van der Waals surface area contributed by atoms with E-state index in [1.165, 1.54) is 0 Å². The SMILES string of the molecule is CN(C)CCCNc1ccc(C(=O)Nc2cccc(Cl)c2Cl)nn1. The zero-order chi connectivity index (χ0) is 17.5. The largest absolute Gasteiger partial charge is 0.369 e. The number of rotatable bonds is 7. The molecule has 0 unspecified atom stereocenters. The summed E-state index contributed by atoms with van der Waals surface area (Å²) in [5, 5.41) is 14.4. The smallest absolute Gasteiger partial charge is 0.276 e. The van der Waals surface area contributed by atoms with E-state index in [0.29, 0.717) is 21.6 Å². The summed E-state index contributed by atoms with van der Waals surface area (Å²) in [5.41, 5.74) is 0.631. The highest BCUT2D eigenvalue weighted by molar-refractivity contribution is 6.44. The van der Waals surface area contributed by atoms with Gasteiger partial charge in [0.05, 0.1) is 15.7 Å². The maximum Gasteiger partial charge on any atom is 0.276 e. The van der Waals surface area contributed by atoms with Gasteiger partial charge in [-0.15, -0.1) is 10.2 Å². The van der Waals surface area contributed by atoms with Gasteiger partial charge in [0.1, 0.15) is 5.82 Å². The van der Waals surface area contributed by atoms with E-state index in [2.05, 4.69) is 25.7 Å². The molecule has 0 saturated carbocycles. The predicted octanol–water partition coefficient (Wildman–Crippen LogP) is 3.40. The van der Waals surface area contributed by atoms with E-state index in [1.54, 1.807) is 30.3 Å². The number of nitrogens with zero attached hydrogens (tertiary/aromatic N) is 3. The number of carbonyl (C=O) groups excluding carboxylic acids is 1. The number of amides is 1. The summed E-state index contributed by atoms with van der Waals surface area (Å²) in [6, 6.07) is 8.35. The van der Waals surface area contributed by atoms with Crippen LogP contribution < -0.4 is 10.6 Å². The van der Waals surface area contributed by atoms with Crippen LogP contribution in [-0.2, 0) is 0 Å². The van der Waals surface area contributed by atoms with Crippen molar-refractivity contribution in [2.45, 2.75) is 6.42 Å². The highest BCUT2D eigenvalue weighted by Crippen LogP contribution is 2.29. The number of nitrogens with one attached hydrogen (secondary N) is 2. The Morgan fingerprint density at radius 2 is 1.96 bits per heavy atom. The summed E-state index contributed by atoms with van der Waals surface area (Å²) in [4.78, 5) is 14.3. The Labute approximate surface area is 151 Å². The summed E-state index contributed by atoms with van der Waals surface area (Å²) < 4.78 is 0. The normalized spacial score (nSPS) is 10.7. The third kappa shape index (κ3) is 5.33. The molecule has 2 aromatic rings. The molecule has 1 heterocycles. The van der Waals surface area contributed by atoms with E-state index >= 15 is 0 Å². The Kier molecular flexibility index (Phi) is 6.78. The van der Waals surface area contributed by atoms with Crippen LogP contribution in [0.2, 0.25) is 10.0 Å². The third-order valence-corrected chi connectivity index (χ3v) is 4.00. The lowest BCUT2D eigenvalue weighted by Gasteiger charge is -2.10. The molecule has 0 spiro atoms. The molecule has 8 heteroatoms. The molecule has 0 saturated heterocycles. The van der Waals surface area contributed by atoms with Crippen LogP contribution in [-0.4, -0.2) is 48.2 Å². The average molecular weight is 368 g/mol. The quantitative estimate of drug-likeness (QED) is 0.733. The number of carbonyl (C=O) groups is 1. The lowest BCUT2D eigenvalue weighted by Crippen LogP contribution is -2.17. The van der Waals surface area contributed by atoms with Crippen LogP contribution in [0.4, 0.5) is 11.5 Å². The first-order chi connectivity index (χ1) is 11.5. The molecule has 0 aliphatic heterocycles. The lowest BCUT2D eigenvalue weighted by atomic mass is 10.3. The Bertz CT molecular complexity index is 691. The van der Waals surface area contributed by atoms with Gasteiger partial charge in [0.2, 0.25) is 0 Å². The number of hydrogen-bond acceptors (Lipinski definition) is 5. The molecule has 2 rings (SSSR count). The predicted molar refractivity (Wildman–Crippen MR) is 98.1 cm³/mol. The molecule has 1 amide bonds. The van der Waals surface area contributed by atoms with Crippen molar-refractivity contribution in [1.29, 1.82) is 0 Å². The molecular weight excluding hydrogens is 349 g/mol. The van der Waals surface area contributed by atoms with Gasteiger partial charge >= 0.3 is 0 Å². The molecule has 2 N–H and O–H groups in total. The molecule has 0 atom stereocenters. The number of halogens is 2. The minimum Gasteiger partial charge on any atom is -0.369 e. The second-order valence-electron chi connectivity index (χ2n) is 5.44. The molecule has 0 aliphatic rings. The summed E-state index contributed by atoms with van der Waals surface area (Å²) in [6.07, 6.45) is 0.990. The monoisotopic (exact) mass is 367 g/mol. The standard InChI is InChI=1S/C16H19Cl2N5O/c1-23(2)10-4-9-19-14-8-7-13(21-22-14)16(24)20-12-6-3-5-11(17)15(12)18/h3,5-8H,4,9-10H2,1-2H3,(H,19,22)(H,20,24). The molecule has 0 bridgehead atoms. The zero-order valence-corrected chi connectivity index (χ0v) is 15.0. The Hall–Kier alpha value is -1.89. The molecule has 0 aliphatic carbocycles. The molecule has 0 radical (unpaired) electrons. The highest BCUT2D eigenvalue weighted by atomic mass is 35.5. The highest BCUT2D eigenvalue weighted by Gasteiger charge is 2.12. The summed E-state index contributed by atoms with van der Waals surface area (Å²) in [7, 11) is 4.05. The molecular formula is C16H19Cl2N5O. The van der Waals surface area contributed by atoms with Crippen molar-refractivity contribution < 1.29 is 4.79 Å². The Balaban J connectivity index is 1.92. The first kappa shape index (κ1) is 18.4. The fourth-order valence-electron chi connectivity index (χ4n) is 1.95. The molecule has 24 heavy (non-hydrogen) atoms. The lowest BCUT2D eigenvalue weighted by molar-refractivity contribution is 0.102. The van der Waals surface area contributed by atoms with E-state index in [0.717, 1.165) is 19.5 Å². The first-order valence-electron chi connectivity index (χ1n) is 7.45. The number of hydrogen-bond donors (Lipinski definition) is 2. The van der Waals surface area contributed by atoms with Crippen molar-refractivity contribution in [3.63, 3.8) is 0 Å². The third-order valence-electron chi connectivity index (χ3n) is 3.19. The number of benzene rings is 1. The van der Waals surface area contributed by atoms with E-state index in [1.807, 2.05) is 14.1 Å². The molecule has 1 aromatic heterocycles. The van der Waals surface area contributed by atoms with Crippen LogP contribution in [0.1, 0.15) is 16.9 Å². The van der Waals surface area contributed by atoms with Crippen LogP contribution >= 0.6 is 23.2 Å². The van der Waals surface area contributed by atoms with Crippen molar-refractivity contribution in [2.24, 2.45) is 0 Å². The summed E-state index contributed by atoms with van der Waals surface area (Å²) >= 11 is 12.0. The fraction of sp³-hybridized carbons (Fsp3) is 0.312. The van der Waals surface area contributed by atoms with E-state index in [9.17, 15) is 4.79 Å². The van der Waals surface area contributed by atoms with Crippen molar-refractivity contribution >= 4 is 40.6 Å². The minimum absolute atomic E-state index is 0.199. The van der Waals surface area contributed by atoms with Gasteiger partial charge in [-0.05, 0) is 51.3 Å². The van der Waals surface area contributed by atoms with Crippen LogP contribution in [0.25, 0.3) is 0 Å². The zero-order valence-electron chi connectivity index (χ0n) is 13.5. The summed E-state index contributed by atoms with van der Waals surface area (Å²) in [5.74, 6) is 0.233. The van der Waals surface area contributed by atoms with E-state index < -0.39 is 5.91 Å².